The van der Waals surface area contributed by atoms with Gasteiger partial charge in [-0.2, -0.15) is 0 Å². The average molecular weight is 288 g/mol. The largest absolute Gasteiger partial charge is 0.478 e. The van der Waals surface area contributed by atoms with Gasteiger partial charge < -0.3 is 15.3 Å². The second-order valence-electron chi connectivity index (χ2n) is 3.43. The van der Waals surface area contributed by atoms with E-state index in [0.717, 1.165) is 24.1 Å². The van der Waals surface area contributed by atoms with Crippen molar-refractivity contribution in [2.75, 3.05) is 0 Å². The zero-order valence-corrected chi connectivity index (χ0v) is 12.2. The summed E-state index contributed by atoms with van der Waals surface area (Å²) in [6.07, 6.45) is 3.81. The Morgan fingerprint density at radius 2 is 0.950 bits per heavy atom. The van der Waals surface area contributed by atoms with E-state index in [-0.39, 0.29) is 0 Å². The predicted molar refractivity (Wildman–Crippen MR) is 78.6 cm³/mol. The SMILES string of the molecule is C=CC(=O)O.C=CC(=O)O.C=CC(=O)O.CCC(C)C. The minimum Gasteiger partial charge on any atom is -0.478 e. The van der Waals surface area contributed by atoms with Gasteiger partial charge in [0.15, 0.2) is 0 Å². The van der Waals surface area contributed by atoms with E-state index >= 15 is 0 Å². The van der Waals surface area contributed by atoms with Crippen molar-refractivity contribution in [2.45, 2.75) is 27.2 Å². The first-order chi connectivity index (χ1) is 9.08. The van der Waals surface area contributed by atoms with Crippen LogP contribution in [0.1, 0.15) is 27.2 Å². The smallest absolute Gasteiger partial charge is 0.327 e. The maximum Gasteiger partial charge on any atom is 0.327 e. The predicted octanol–water partition coefficient (Wildman–Crippen LogP) is 2.82. The minimum absolute atomic E-state index is 0.833. The molecule has 0 fully saturated rings. The Hall–Kier alpha value is -2.37. The maximum absolute atomic E-state index is 9.25. The summed E-state index contributed by atoms with van der Waals surface area (Å²) >= 11 is 0. The van der Waals surface area contributed by atoms with Gasteiger partial charge in [0.25, 0.3) is 0 Å². The van der Waals surface area contributed by atoms with Gasteiger partial charge in [-0.05, 0) is 5.92 Å². The van der Waals surface area contributed by atoms with Crippen LogP contribution in [0, 0.1) is 5.92 Å². The zero-order chi connectivity index (χ0) is 17.1. The van der Waals surface area contributed by atoms with Crippen LogP contribution in [0.4, 0.5) is 0 Å². The second kappa shape index (κ2) is 21.9. The zero-order valence-electron chi connectivity index (χ0n) is 12.2. The molecule has 0 aromatic heterocycles. The van der Waals surface area contributed by atoms with Gasteiger partial charge in [-0.25, -0.2) is 14.4 Å². The van der Waals surface area contributed by atoms with Gasteiger partial charge in [0, 0.05) is 18.2 Å². The fourth-order valence-electron chi connectivity index (χ4n) is 0. The summed E-state index contributed by atoms with van der Waals surface area (Å²) < 4.78 is 0. The molecule has 0 saturated heterocycles. The second-order valence-corrected chi connectivity index (χ2v) is 3.43. The van der Waals surface area contributed by atoms with Crippen LogP contribution in [0.15, 0.2) is 38.0 Å². The van der Waals surface area contributed by atoms with Crippen molar-refractivity contribution in [3.63, 3.8) is 0 Å². The summed E-state index contributed by atoms with van der Waals surface area (Å²) in [5.41, 5.74) is 0. The van der Waals surface area contributed by atoms with Gasteiger partial charge in [0.2, 0.25) is 0 Å². The van der Waals surface area contributed by atoms with E-state index in [1.807, 2.05) is 0 Å². The number of hydrogen-bond acceptors (Lipinski definition) is 3. The van der Waals surface area contributed by atoms with E-state index in [0.29, 0.717) is 0 Å². The van der Waals surface area contributed by atoms with Crippen molar-refractivity contribution in [3.05, 3.63) is 38.0 Å². The van der Waals surface area contributed by atoms with Crippen LogP contribution in [0.2, 0.25) is 0 Å². The number of aliphatic carboxylic acids is 3. The van der Waals surface area contributed by atoms with E-state index in [9.17, 15) is 14.4 Å². The Morgan fingerprint density at radius 1 is 0.850 bits per heavy atom. The maximum atomic E-state index is 9.25. The van der Waals surface area contributed by atoms with Crippen molar-refractivity contribution in [1.82, 2.24) is 0 Å². The summed E-state index contributed by atoms with van der Waals surface area (Å²) in [5.74, 6) is -2.06. The minimum atomic E-state index is -0.981. The topological polar surface area (TPSA) is 112 Å². The molecule has 0 bridgehead atoms. The lowest BCUT2D eigenvalue weighted by Gasteiger charge is -1.90. The van der Waals surface area contributed by atoms with Crippen molar-refractivity contribution in [1.29, 1.82) is 0 Å². The molecule has 0 amide bonds. The van der Waals surface area contributed by atoms with Crippen LogP contribution in [-0.2, 0) is 14.4 Å². The summed E-state index contributed by atoms with van der Waals surface area (Å²) in [6, 6.07) is 0. The van der Waals surface area contributed by atoms with Crippen LogP contribution in [0.25, 0.3) is 0 Å². The molecule has 6 nitrogen and oxygen atoms in total. The summed E-state index contributed by atoms with van der Waals surface area (Å²) in [4.78, 5) is 27.8. The van der Waals surface area contributed by atoms with Crippen molar-refractivity contribution in [2.24, 2.45) is 5.92 Å². The van der Waals surface area contributed by atoms with Gasteiger partial charge in [-0.1, -0.05) is 46.9 Å². The van der Waals surface area contributed by atoms with E-state index in [1.165, 1.54) is 6.42 Å². The molecule has 0 heterocycles. The van der Waals surface area contributed by atoms with Gasteiger partial charge in [-0.3, -0.25) is 0 Å². The Labute approximate surface area is 119 Å². The lowest BCUT2D eigenvalue weighted by Crippen LogP contribution is -1.82. The summed E-state index contributed by atoms with van der Waals surface area (Å²) in [7, 11) is 0. The monoisotopic (exact) mass is 288 g/mol. The van der Waals surface area contributed by atoms with Crippen LogP contribution in [0.3, 0.4) is 0 Å². The Kier molecular flexibility index (Phi) is 28.7. The first kappa shape index (κ1) is 26.2. The third kappa shape index (κ3) is 106. The molecule has 0 aliphatic rings. The Bertz CT molecular complexity index is 262. The highest BCUT2D eigenvalue weighted by Crippen LogP contribution is 1.93. The molecule has 0 radical (unpaired) electrons. The van der Waals surface area contributed by atoms with Crippen LogP contribution in [-0.4, -0.2) is 33.2 Å². The number of carboxylic acids is 3. The molecular weight excluding hydrogens is 264 g/mol. The summed E-state index contributed by atoms with van der Waals surface area (Å²) in [6.45, 7) is 15.5. The highest BCUT2D eigenvalue weighted by molar-refractivity contribution is 5.79. The first-order valence-corrected chi connectivity index (χ1v) is 5.64. The molecule has 20 heavy (non-hydrogen) atoms. The molecule has 6 heteroatoms. The van der Waals surface area contributed by atoms with Crippen molar-refractivity contribution >= 4 is 17.9 Å². The lowest BCUT2D eigenvalue weighted by atomic mass is 10.2. The van der Waals surface area contributed by atoms with E-state index < -0.39 is 17.9 Å². The highest BCUT2D eigenvalue weighted by atomic mass is 16.4. The normalized spacial score (nSPS) is 7.20. The number of carboxylic acid groups (broad SMARTS) is 3. The van der Waals surface area contributed by atoms with Crippen molar-refractivity contribution in [3.8, 4) is 0 Å². The van der Waals surface area contributed by atoms with Crippen LogP contribution >= 0.6 is 0 Å². The summed E-state index contributed by atoms with van der Waals surface area (Å²) in [5, 5.41) is 22.8. The van der Waals surface area contributed by atoms with E-state index in [1.54, 1.807) is 0 Å². The van der Waals surface area contributed by atoms with Gasteiger partial charge in [0.05, 0.1) is 0 Å². The van der Waals surface area contributed by atoms with Gasteiger partial charge >= 0.3 is 17.9 Å². The fourth-order valence-corrected chi connectivity index (χ4v) is 0. The van der Waals surface area contributed by atoms with Crippen molar-refractivity contribution < 1.29 is 29.7 Å². The van der Waals surface area contributed by atoms with E-state index in [2.05, 4.69) is 40.5 Å². The number of hydrogen-bond donors (Lipinski definition) is 3. The first-order valence-electron chi connectivity index (χ1n) is 5.64. The molecule has 0 aromatic rings. The molecule has 0 unspecified atom stereocenters. The molecule has 3 N–H and O–H groups in total. The standard InChI is InChI=1S/C5H12.3C3H4O2/c1-4-5(2)3;3*1-2-3(4)5/h5H,4H2,1-3H3;3*2H,1H2,(H,4,5). The number of carbonyl (C=O) groups is 3. The Balaban J connectivity index is -0.0000000853. The third-order valence-corrected chi connectivity index (χ3v) is 1.34. The molecule has 0 rings (SSSR count). The molecule has 0 aliphatic heterocycles. The third-order valence-electron chi connectivity index (χ3n) is 1.34. The molecule has 0 saturated carbocycles. The lowest BCUT2D eigenvalue weighted by molar-refractivity contribution is -0.132. The molecule has 0 spiro atoms. The quantitative estimate of drug-likeness (QED) is 0.686. The van der Waals surface area contributed by atoms with Crippen LogP contribution < -0.4 is 0 Å². The average Bonchev–Trinajstić information content (AvgIpc) is 2.40. The van der Waals surface area contributed by atoms with Gasteiger partial charge in [0.1, 0.15) is 0 Å². The molecule has 0 aliphatic carbocycles. The molecule has 0 atom stereocenters. The van der Waals surface area contributed by atoms with E-state index in [4.69, 9.17) is 15.3 Å². The Morgan fingerprint density at radius 3 is 0.950 bits per heavy atom. The molecular formula is C14H24O6. The number of rotatable bonds is 4. The highest BCUT2D eigenvalue weighted by Gasteiger charge is 1.80. The molecule has 0 aromatic carbocycles. The fraction of sp³-hybridized carbons (Fsp3) is 0.357. The molecule has 116 valence electrons. The van der Waals surface area contributed by atoms with Gasteiger partial charge in [-0.15, -0.1) is 0 Å². The van der Waals surface area contributed by atoms with Crippen LogP contribution in [0.5, 0.6) is 0 Å².